The first-order valence-electron chi connectivity index (χ1n) is 6.00. The average Bonchev–Trinajstić information content (AvgIpc) is 2.46. The first-order chi connectivity index (χ1) is 9.22. The number of hydrogen-bond acceptors (Lipinski definition) is 4. The fourth-order valence-electron chi connectivity index (χ4n) is 1.87. The molecule has 1 N–H and O–H groups in total. The molecule has 0 aliphatic heterocycles. The molecule has 0 radical (unpaired) electrons. The number of benzene rings is 1. The van der Waals surface area contributed by atoms with Gasteiger partial charge in [-0.05, 0) is 31.2 Å². The largest absolute Gasteiger partial charge is 0.481 e. The molecule has 0 fully saturated rings. The van der Waals surface area contributed by atoms with Gasteiger partial charge in [-0.15, -0.1) is 0 Å². The van der Waals surface area contributed by atoms with Crippen molar-refractivity contribution in [3.8, 4) is 5.88 Å². The third-order valence-corrected chi connectivity index (χ3v) is 3.46. The standard InChI is InChI=1S/C14H16BrN3O/c1-16-12(7-10-3-5-11(15)6-4-10)13-8-14(19-2)18-9-17-13/h3-6,8-9,12,16H,7H2,1-2H3. The molecular formula is C14H16BrN3O. The molecule has 4 nitrogen and oxygen atoms in total. The molecule has 1 unspecified atom stereocenters. The Kier molecular flexibility index (Phi) is 4.87. The van der Waals surface area contributed by atoms with Crippen molar-refractivity contribution >= 4 is 15.9 Å². The molecular weight excluding hydrogens is 306 g/mol. The normalized spacial score (nSPS) is 12.2. The predicted octanol–water partition coefficient (Wildman–Crippen LogP) is 2.75. The van der Waals surface area contributed by atoms with Gasteiger partial charge in [0.15, 0.2) is 0 Å². The number of ether oxygens (including phenoxy) is 1. The number of methoxy groups -OCH3 is 1. The molecule has 1 atom stereocenters. The number of nitrogens with zero attached hydrogens (tertiary/aromatic N) is 2. The molecule has 0 spiro atoms. The van der Waals surface area contributed by atoms with Gasteiger partial charge in [0.05, 0.1) is 18.8 Å². The van der Waals surface area contributed by atoms with E-state index < -0.39 is 0 Å². The average molecular weight is 322 g/mol. The van der Waals surface area contributed by atoms with Gasteiger partial charge in [0.25, 0.3) is 0 Å². The quantitative estimate of drug-likeness (QED) is 0.919. The van der Waals surface area contributed by atoms with Gasteiger partial charge in [-0.3, -0.25) is 0 Å². The second-order valence-corrected chi connectivity index (χ2v) is 5.07. The smallest absolute Gasteiger partial charge is 0.216 e. The molecule has 0 saturated carbocycles. The summed E-state index contributed by atoms with van der Waals surface area (Å²) in [6.07, 6.45) is 2.39. The van der Waals surface area contributed by atoms with Gasteiger partial charge in [-0.25, -0.2) is 9.97 Å². The summed E-state index contributed by atoms with van der Waals surface area (Å²) >= 11 is 3.44. The SMILES string of the molecule is CNC(Cc1ccc(Br)cc1)c1cc(OC)ncn1. The van der Waals surface area contributed by atoms with Gasteiger partial charge in [0.1, 0.15) is 6.33 Å². The van der Waals surface area contributed by atoms with Crippen LogP contribution in [0.3, 0.4) is 0 Å². The highest BCUT2D eigenvalue weighted by Crippen LogP contribution is 2.20. The van der Waals surface area contributed by atoms with Gasteiger partial charge in [0, 0.05) is 10.5 Å². The molecule has 0 aliphatic carbocycles. The van der Waals surface area contributed by atoms with Crippen molar-refractivity contribution in [1.82, 2.24) is 15.3 Å². The number of nitrogens with one attached hydrogen (secondary N) is 1. The molecule has 0 amide bonds. The van der Waals surface area contributed by atoms with Crippen molar-refractivity contribution in [2.24, 2.45) is 0 Å². The van der Waals surface area contributed by atoms with Crippen LogP contribution in [-0.2, 0) is 6.42 Å². The van der Waals surface area contributed by atoms with Gasteiger partial charge in [0.2, 0.25) is 5.88 Å². The third-order valence-electron chi connectivity index (χ3n) is 2.93. The van der Waals surface area contributed by atoms with Crippen LogP contribution < -0.4 is 10.1 Å². The van der Waals surface area contributed by atoms with E-state index in [-0.39, 0.29) is 6.04 Å². The predicted molar refractivity (Wildman–Crippen MR) is 78.2 cm³/mol. The number of hydrogen-bond donors (Lipinski definition) is 1. The molecule has 100 valence electrons. The number of aromatic nitrogens is 2. The molecule has 1 aromatic carbocycles. The van der Waals surface area contributed by atoms with Crippen LogP contribution in [0.4, 0.5) is 0 Å². The Morgan fingerprint density at radius 2 is 2.00 bits per heavy atom. The second-order valence-electron chi connectivity index (χ2n) is 4.16. The molecule has 2 rings (SSSR count). The maximum Gasteiger partial charge on any atom is 0.216 e. The minimum atomic E-state index is 0.137. The molecule has 19 heavy (non-hydrogen) atoms. The van der Waals surface area contributed by atoms with Crippen LogP contribution >= 0.6 is 15.9 Å². The van der Waals surface area contributed by atoms with Gasteiger partial charge < -0.3 is 10.1 Å². The number of likely N-dealkylation sites (N-methyl/N-ethyl adjacent to an activating group) is 1. The summed E-state index contributed by atoms with van der Waals surface area (Å²) in [5.41, 5.74) is 2.18. The summed E-state index contributed by atoms with van der Waals surface area (Å²) in [6.45, 7) is 0. The maximum absolute atomic E-state index is 5.13. The van der Waals surface area contributed by atoms with Gasteiger partial charge >= 0.3 is 0 Å². The van der Waals surface area contributed by atoms with Crippen molar-refractivity contribution in [2.75, 3.05) is 14.2 Å². The summed E-state index contributed by atoms with van der Waals surface area (Å²) in [7, 11) is 3.54. The Morgan fingerprint density at radius 1 is 1.26 bits per heavy atom. The van der Waals surface area contributed by atoms with Crippen LogP contribution in [0.5, 0.6) is 5.88 Å². The summed E-state index contributed by atoms with van der Waals surface area (Å²) in [4.78, 5) is 8.34. The monoisotopic (exact) mass is 321 g/mol. The molecule has 0 aliphatic rings. The Labute approximate surface area is 121 Å². The van der Waals surface area contributed by atoms with E-state index in [2.05, 4.69) is 43.3 Å². The van der Waals surface area contributed by atoms with Crippen molar-refractivity contribution < 1.29 is 4.74 Å². The van der Waals surface area contributed by atoms with Gasteiger partial charge in [-0.1, -0.05) is 28.1 Å². The fraction of sp³-hybridized carbons (Fsp3) is 0.286. The fourth-order valence-corrected chi connectivity index (χ4v) is 2.13. The first-order valence-corrected chi connectivity index (χ1v) is 6.80. The van der Waals surface area contributed by atoms with Crippen molar-refractivity contribution in [3.63, 3.8) is 0 Å². The van der Waals surface area contributed by atoms with Crippen LogP contribution in [0, 0.1) is 0 Å². The van der Waals surface area contributed by atoms with Crippen LogP contribution in [0.25, 0.3) is 0 Å². The van der Waals surface area contributed by atoms with E-state index >= 15 is 0 Å². The summed E-state index contributed by atoms with van der Waals surface area (Å²) < 4.78 is 6.21. The maximum atomic E-state index is 5.13. The van der Waals surface area contributed by atoms with Crippen molar-refractivity contribution in [3.05, 3.63) is 52.4 Å². The first kappa shape index (κ1) is 14.0. The van der Waals surface area contributed by atoms with Gasteiger partial charge in [-0.2, -0.15) is 0 Å². The zero-order valence-electron chi connectivity index (χ0n) is 10.9. The van der Waals surface area contributed by atoms with Crippen molar-refractivity contribution in [1.29, 1.82) is 0 Å². The topological polar surface area (TPSA) is 47.0 Å². The number of halogens is 1. The number of rotatable bonds is 5. The van der Waals surface area contributed by atoms with E-state index in [0.29, 0.717) is 5.88 Å². The summed E-state index contributed by atoms with van der Waals surface area (Å²) in [5, 5.41) is 3.28. The zero-order chi connectivity index (χ0) is 13.7. The molecule has 1 heterocycles. The van der Waals surface area contributed by atoms with E-state index in [1.54, 1.807) is 7.11 Å². The summed E-state index contributed by atoms with van der Waals surface area (Å²) in [6, 6.07) is 10.3. The Bertz CT molecular complexity index is 530. The molecule has 2 aromatic rings. The van der Waals surface area contributed by atoms with E-state index in [0.717, 1.165) is 16.6 Å². The Hall–Kier alpha value is -1.46. The van der Waals surface area contributed by atoms with Crippen LogP contribution in [0.1, 0.15) is 17.3 Å². The lowest BCUT2D eigenvalue weighted by Gasteiger charge is -2.16. The van der Waals surface area contributed by atoms with Crippen LogP contribution in [0.2, 0.25) is 0 Å². The van der Waals surface area contributed by atoms with E-state index in [9.17, 15) is 0 Å². The lowest BCUT2D eigenvalue weighted by molar-refractivity contribution is 0.394. The molecule has 1 aromatic heterocycles. The highest BCUT2D eigenvalue weighted by molar-refractivity contribution is 9.10. The molecule has 5 heteroatoms. The third kappa shape index (κ3) is 3.75. The Balaban J connectivity index is 2.17. The lowest BCUT2D eigenvalue weighted by atomic mass is 10.0. The van der Waals surface area contributed by atoms with Crippen molar-refractivity contribution in [2.45, 2.75) is 12.5 Å². The van der Waals surface area contributed by atoms with Crippen LogP contribution in [0.15, 0.2) is 41.1 Å². The molecule has 0 saturated heterocycles. The minimum absolute atomic E-state index is 0.137. The Morgan fingerprint density at radius 3 is 2.63 bits per heavy atom. The van der Waals surface area contributed by atoms with Crippen LogP contribution in [-0.4, -0.2) is 24.1 Å². The second kappa shape index (κ2) is 6.63. The van der Waals surface area contributed by atoms with E-state index in [1.165, 1.54) is 11.9 Å². The van der Waals surface area contributed by atoms with E-state index in [1.807, 2.05) is 25.2 Å². The summed E-state index contributed by atoms with van der Waals surface area (Å²) in [5.74, 6) is 0.584. The zero-order valence-corrected chi connectivity index (χ0v) is 12.5. The lowest BCUT2D eigenvalue weighted by Crippen LogP contribution is -2.20. The highest BCUT2D eigenvalue weighted by atomic mass is 79.9. The highest BCUT2D eigenvalue weighted by Gasteiger charge is 2.12. The van der Waals surface area contributed by atoms with E-state index in [4.69, 9.17) is 4.74 Å². The minimum Gasteiger partial charge on any atom is -0.481 e. The molecule has 0 bridgehead atoms.